The highest BCUT2D eigenvalue weighted by Crippen LogP contribution is 2.30. The molecule has 0 saturated heterocycles. The fourth-order valence-corrected chi connectivity index (χ4v) is 3.14. The van der Waals surface area contributed by atoms with Crippen LogP contribution in [0.4, 0.5) is 0 Å². The summed E-state index contributed by atoms with van der Waals surface area (Å²) in [7, 11) is -2.16. The van der Waals surface area contributed by atoms with E-state index in [0.717, 1.165) is 17.5 Å². The first-order valence-electron chi connectivity index (χ1n) is 7.47. The highest BCUT2D eigenvalue weighted by molar-refractivity contribution is 7.87. The molecule has 0 heterocycles. The van der Waals surface area contributed by atoms with Crippen molar-refractivity contribution in [3.05, 3.63) is 59.7 Å². The maximum atomic E-state index is 12.3. The summed E-state index contributed by atoms with van der Waals surface area (Å²) in [6.07, 6.45) is 0.811. The van der Waals surface area contributed by atoms with E-state index in [-0.39, 0.29) is 10.6 Å². The lowest BCUT2D eigenvalue weighted by Gasteiger charge is -2.27. The fraction of sp³-hybridized carbons (Fsp3) is 0.333. The zero-order valence-electron chi connectivity index (χ0n) is 13.9. The minimum absolute atomic E-state index is 0.141. The van der Waals surface area contributed by atoms with Crippen molar-refractivity contribution >= 4 is 10.1 Å². The molecular formula is C18H22O4S. The summed E-state index contributed by atoms with van der Waals surface area (Å²) >= 11 is 0. The minimum Gasteiger partial charge on any atom is -0.379 e. The molecule has 0 aromatic heterocycles. The first-order valence-corrected chi connectivity index (χ1v) is 8.88. The maximum absolute atomic E-state index is 12.3. The van der Waals surface area contributed by atoms with Crippen molar-refractivity contribution in [2.75, 3.05) is 7.11 Å². The number of benzene rings is 2. The van der Waals surface area contributed by atoms with Gasteiger partial charge in [0, 0.05) is 7.11 Å². The molecule has 1 atom stereocenters. The normalized spacial score (nSPS) is 14.3. The lowest BCUT2D eigenvalue weighted by molar-refractivity contribution is -0.00141. The van der Waals surface area contributed by atoms with Crippen LogP contribution in [0.3, 0.4) is 0 Å². The van der Waals surface area contributed by atoms with Gasteiger partial charge in [0.25, 0.3) is 0 Å². The third kappa shape index (κ3) is 3.92. The van der Waals surface area contributed by atoms with Crippen LogP contribution in [0.5, 0.6) is 5.75 Å². The Kier molecular flexibility index (Phi) is 5.12. The van der Waals surface area contributed by atoms with E-state index in [4.69, 9.17) is 8.92 Å². The summed E-state index contributed by atoms with van der Waals surface area (Å²) in [4.78, 5) is 0.141. The summed E-state index contributed by atoms with van der Waals surface area (Å²) in [5.74, 6) is 0.281. The molecular weight excluding hydrogens is 312 g/mol. The van der Waals surface area contributed by atoms with Crippen LogP contribution < -0.4 is 4.18 Å². The van der Waals surface area contributed by atoms with Gasteiger partial charge in [0.05, 0.1) is 5.60 Å². The van der Waals surface area contributed by atoms with Crippen molar-refractivity contribution in [3.63, 3.8) is 0 Å². The van der Waals surface area contributed by atoms with E-state index >= 15 is 0 Å². The van der Waals surface area contributed by atoms with Crippen LogP contribution in [0, 0.1) is 6.92 Å². The van der Waals surface area contributed by atoms with Crippen molar-refractivity contribution in [2.24, 2.45) is 0 Å². The molecule has 4 nitrogen and oxygen atoms in total. The molecule has 0 fully saturated rings. The number of ether oxygens (including phenoxy) is 1. The van der Waals surface area contributed by atoms with Gasteiger partial charge in [-0.1, -0.05) is 36.8 Å². The number of rotatable bonds is 6. The third-order valence-electron chi connectivity index (χ3n) is 4.11. The van der Waals surface area contributed by atoms with E-state index in [9.17, 15) is 8.42 Å². The first-order chi connectivity index (χ1) is 10.8. The summed E-state index contributed by atoms with van der Waals surface area (Å²) in [6.45, 7) is 5.93. The molecule has 0 spiro atoms. The molecule has 0 amide bonds. The lowest BCUT2D eigenvalue weighted by atomic mass is 9.93. The molecule has 0 saturated carbocycles. The van der Waals surface area contributed by atoms with E-state index in [0.29, 0.717) is 0 Å². The second-order valence-corrected chi connectivity index (χ2v) is 7.21. The van der Waals surface area contributed by atoms with Crippen molar-refractivity contribution in [1.29, 1.82) is 0 Å². The van der Waals surface area contributed by atoms with Gasteiger partial charge in [0.1, 0.15) is 10.6 Å². The third-order valence-corrected chi connectivity index (χ3v) is 5.37. The van der Waals surface area contributed by atoms with Crippen molar-refractivity contribution < 1.29 is 17.3 Å². The zero-order valence-corrected chi connectivity index (χ0v) is 14.7. The van der Waals surface area contributed by atoms with Gasteiger partial charge < -0.3 is 8.92 Å². The topological polar surface area (TPSA) is 52.6 Å². The van der Waals surface area contributed by atoms with E-state index in [1.165, 1.54) is 12.1 Å². The quantitative estimate of drug-likeness (QED) is 0.748. The van der Waals surface area contributed by atoms with Crippen LogP contribution in [0.1, 0.15) is 31.4 Å². The Labute approximate surface area is 138 Å². The number of hydrogen-bond donors (Lipinski definition) is 0. The van der Waals surface area contributed by atoms with Gasteiger partial charge >= 0.3 is 10.1 Å². The average molecular weight is 334 g/mol. The van der Waals surface area contributed by atoms with Crippen LogP contribution >= 0.6 is 0 Å². The SMILES string of the molecule is CCC(C)(OC)c1ccc(OS(=O)(=O)c2ccc(C)cc2)cc1. The summed E-state index contributed by atoms with van der Waals surface area (Å²) in [5.41, 5.74) is 1.57. The summed E-state index contributed by atoms with van der Waals surface area (Å²) in [6, 6.07) is 13.5. The Morgan fingerprint density at radius 1 is 1.00 bits per heavy atom. The molecule has 0 aliphatic heterocycles. The van der Waals surface area contributed by atoms with Crippen LogP contribution in [-0.4, -0.2) is 15.5 Å². The van der Waals surface area contributed by atoms with Gasteiger partial charge in [-0.15, -0.1) is 0 Å². The van der Waals surface area contributed by atoms with Gasteiger partial charge in [-0.05, 0) is 50.1 Å². The molecule has 5 heteroatoms. The van der Waals surface area contributed by atoms with Gasteiger partial charge in [0.2, 0.25) is 0 Å². The van der Waals surface area contributed by atoms with Crippen molar-refractivity contribution in [3.8, 4) is 5.75 Å². The van der Waals surface area contributed by atoms with Gasteiger partial charge in [-0.2, -0.15) is 8.42 Å². The molecule has 1 unspecified atom stereocenters. The van der Waals surface area contributed by atoms with Crippen molar-refractivity contribution in [1.82, 2.24) is 0 Å². The highest BCUT2D eigenvalue weighted by atomic mass is 32.2. The Morgan fingerprint density at radius 3 is 2.04 bits per heavy atom. The summed E-state index contributed by atoms with van der Waals surface area (Å²) in [5, 5.41) is 0. The predicted molar refractivity (Wildman–Crippen MR) is 90.1 cm³/mol. The second-order valence-electron chi connectivity index (χ2n) is 5.66. The Bertz CT molecular complexity index is 743. The van der Waals surface area contributed by atoms with E-state index in [1.807, 2.05) is 32.9 Å². The molecule has 2 aromatic carbocycles. The van der Waals surface area contributed by atoms with Gasteiger partial charge in [-0.3, -0.25) is 0 Å². The van der Waals surface area contributed by atoms with Gasteiger partial charge in [-0.25, -0.2) is 0 Å². The molecule has 124 valence electrons. The van der Waals surface area contributed by atoms with Crippen LogP contribution in [0.2, 0.25) is 0 Å². The Hall–Kier alpha value is -1.85. The Morgan fingerprint density at radius 2 is 1.57 bits per heavy atom. The molecule has 23 heavy (non-hydrogen) atoms. The summed E-state index contributed by atoms with van der Waals surface area (Å²) < 4.78 is 35.2. The zero-order chi connectivity index (χ0) is 17.1. The first kappa shape index (κ1) is 17.5. The molecule has 0 bridgehead atoms. The standard InChI is InChI=1S/C18H22O4S/c1-5-18(3,21-4)15-8-10-16(11-9-15)22-23(19,20)17-12-6-14(2)7-13-17/h6-13H,5H2,1-4H3. The largest absolute Gasteiger partial charge is 0.379 e. The van der Waals surface area contributed by atoms with E-state index < -0.39 is 15.7 Å². The number of hydrogen-bond acceptors (Lipinski definition) is 4. The Balaban J connectivity index is 2.22. The predicted octanol–water partition coefficient (Wildman–Crippen LogP) is 4.03. The molecule has 0 aliphatic carbocycles. The van der Waals surface area contributed by atoms with Crippen molar-refractivity contribution in [2.45, 2.75) is 37.7 Å². The lowest BCUT2D eigenvalue weighted by Crippen LogP contribution is -2.23. The smallest absolute Gasteiger partial charge is 0.339 e. The van der Waals surface area contributed by atoms with Crippen LogP contribution in [-0.2, 0) is 20.5 Å². The molecule has 2 aromatic rings. The maximum Gasteiger partial charge on any atom is 0.339 e. The molecule has 2 rings (SSSR count). The average Bonchev–Trinajstić information content (AvgIpc) is 2.55. The molecule has 0 radical (unpaired) electrons. The second kappa shape index (κ2) is 6.72. The number of methoxy groups -OCH3 is 1. The highest BCUT2D eigenvalue weighted by Gasteiger charge is 2.24. The fourth-order valence-electron chi connectivity index (χ4n) is 2.21. The monoisotopic (exact) mass is 334 g/mol. The van der Waals surface area contributed by atoms with E-state index in [1.54, 1.807) is 31.4 Å². The van der Waals surface area contributed by atoms with Crippen LogP contribution in [0.15, 0.2) is 53.4 Å². The molecule has 0 aliphatic rings. The van der Waals surface area contributed by atoms with E-state index in [2.05, 4.69) is 0 Å². The molecule has 0 N–H and O–H groups in total. The minimum atomic E-state index is -3.82. The van der Waals surface area contributed by atoms with Crippen LogP contribution in [0.25, 0.3) is 0 Å². The number of aryl methyl sites for hydroxylation is 1. The van der Waals surface area contributed by atoms with Gasteiger partial charge in [0.15, 0.2) is 0 Å².